The summed E-state index contributed by atoms with van der Waals surface area (Å²) in [7, 11) is 0. The molecule has 216 valence electrons. The van der Waals surface area contributed by atoms with Crippen LogP contribution in [0.4, 0.5) is 14.0 Å². The van der Waals surface area contributed by atoms with Gasteiger partial charge in [-0.2, -0.15) is 0 Å². The third kappa shape index (κ3) is 7.24. The molecule has 0 bridgehead atoms. The molecule has 2 atom stereocenters. The molecule has 0 unspecified atom stereocenters. The van der Waals surface area contributed by atoms with Crippen molar-refractivity contribution in [2.24, 2.45) is 5.92 Å². The average molecular weight is 574 g/mol. The Bertz CT molecular complexity index is 1190. The van der Waals surface area contributed by atoms with Gasteiger partial charge >= 0.3 is 12.2 Å². The number of likely N-dealkylation sites (N-methyl/N-ethyl adjacent to an activating group) is 1. The molecular weight excluding hydrogens is 537 g/mol. The lowest BCUT2D eigenvalue weighted by Crippen LogP contribution is -2.47. The minimum Gasteiger partial charge on any atom is -0.444 e. The van der Waals surface area contributed by atoms with Crippen molar-refractivity contribution in [2.75, 3.05) is 32.7 Å². The SMILES string of the molecule is CCN(C(=O)Oc1ccc(F)cc1)[C@H]1CN(C(=O)C2CCN(C(=O)OC(C)(C)C)CC2)C[C@H]1c1ccc(Cl)cc1. The molecule has 4 rings (SSSR count). The highest BCUT2D eigenvalue weighted by atomic mass is 35.5. The summed E-state index contributed by atoms with van der Waals surface area (Å²) >= 11 is 6.13. The third-order valence-corrected chi connectivity index (χ3v) is 7.64. The highest BCUT2D eigenvalue weighted by molar-refractivity contribution is 6.30. The fourth-order valence-corrected chi connectivity index (χ4v) is 5.50. The van der Waals surface area contributed by atoms with Gasteiger partial charge in [0.2, 0.25) is 5.91 Å². The van der Waals surface area contributed by atoms with Crippen LogP contribution in [0.1, 0.15) is 52.0 Å². The van der Waals surface area contributed by atoms with Gasteiger partial charge in [0.25, 0.3) is 0 Å². The quantitative estimate of drug-likeness (QED) is 0.442. The molecule has 2 aromatic carbocycles. The lowest BCUT2D eigenvalue weighted by atomic mass is 9.93. The van der Waals surface area contributed by atoms with E-state index in [2.05, 4.69) is 0 Å². The molecule has 0 radical (unpaired) electrons. The van der Waals surface area contributed by atoms with Crippen LogP contribution in [0.25, 0.3) is 0 Å². The van der Waals surface area contributed by atoms with Crippen LogP contribution in [0.5, 0.6) is 5.75 Å². The van der Waals surface area contributed by atoms with Gasteiger partial charge in [-0.3, -0.25) is 4.79 Å². The smallest absolute Gasteiger partial charge is 0.415 e. The van der Waals surface area contributed by atoms with Crippen molar-refractivity contribution in [3.63, 3.8) is 0 Å². The van der Waals surface area contributed by atoms with Gasteiger partial charge < -0.3 is 24.2 Å². The zero-order valence-electron chi connectivity index (χ0n) is 23.4. The van der Waals surface area contributed by atoms with Gasteiger partial charge in [-0.1, -0.05) is 23.7 Å². The highest BCUT2D eigenvalue weighted by Gasteiger charge is 2.43. The van der Waals surface area contributed by atoms with Crippen LogP contribution in [0.2, 0.25) is 5.02 Å². The number of carbonyl (C=O) groups excluding carboxylic acids is 3. The molecular formula is C30H37ClFN3O5. The van der Waals surface area contributed by atoms with E-state index in [-0.39, 0.29) is 35.6 Å². The Kier molecular flexibility index (Phi) is 9.23. The fourth-order valence-electron chi connectivity index (χ4n) is 5.37. The molecule has 10 heteroatoms. The van der Waals surface area contributed by atoms with Gasteiger partial charge in [-0.05, 0) is 82.5 Å². The van der Waals surface area contributed by atoms with Gasteiger partial charge in [0, 0.05) is 49.6 Å². The van der Waals surface area contributed by atoms with Gasteiger partial charge in [0.1, 0.15) is 17.2 Å². The van der Waals surface area contributed by atoms with Gasteiger partial charge in [-0.15, -0.1) is 0 Å². The molecule has 2 aliphatic rings. The molecule has 0 saturated carbocycles. The molecule has 0 aliphatic carbocycles. The number of hydrogen-bond donors (Lipinski definition) is 0. The van der Waals surface area contributed by atoms with E-state index < -0.39 is 17.5 Å². The van der Waals surface area contributed by atoms with E-state index in [1.54, 1.807) is 21.9 Å². The summed E-state index contributed by atoms with van der Waals surface area (Å²) in [5.41, 5.74) is 0.394. The van der Waals surface area contributed by atoms with E-state index in [4.69, 9.17) is 21.1 Å². The van der Waals surface area contributed by atoms with Gasteiger partial charge in [0.05, 0.1) is 6.04 Å². The maximum absolute atomic E-state index is 13.7. The van der Waals surface area contributed by atoms with Crippen molar-refractivity contribution in [1.29, 1.82) is 0 Å². The maximum Gasteiger partial charge on any atom is 0.415 e. The van der Waals surface area contributed by atoms with E-state index in [1.165, 1.54) is 24.3 Å². The zero-order chi connectivity index (χ0) is 29.0. The second kappa shape index (κ2) is 12.5. The topological polar surface area (TPSA) is 79.4 Å². The monoisotopic (exact) mass is 573 g/mol. The normalized spacial score (nSPS) is 19.9. The standard InChI is InChI=1S/C30H37ClFN3O5/c1-5-35(29(38)39-24-12-10-23(32)11-13-24)26-19-34(18-25(26)20-6-8-22(31)9-7-20)27(36)21-14-16-33(17-15-21)28(37)40-30(2,3)4/h6-13,21,25-26H,5,14-19H2,1-4H3/t25-,26-/m0/s1. The predicted molar refractivity (Wildman–Crippen MR) is 150 cm³/mol. The first kappa shape index (κ1) is 29.6. The Balaban J connectivity index is 1.48. The van der Waals surface area contributed by atoms with Crippen LogP contribution in [-0.2, 0) is 9.53 Å². The largest absolute Gasteiger partial charge is 0.444 e. The summed E-state index contributed by atoms with van der Waals surface area (Å²) in [5, 5.41) is 0.603. The van der Waals surface area contributed by atoms with Crippen LogP contribution < -0.4 is 4.74 Å². The van der Waals surface area contributed by atoms with Crippen molar-refractivity contribution in [3.8, 4) is 5.75 Å². The lowest BCUT2D eigenvalue weighted by molar-refractivity contribution is -0.136. The summed E-state index contributed by atoms with van der Waals surface area (Å²) in [5.74, 6) is -0.519. The summed E-state index contributed by atoms with van der Waals surface area (Å²) in [4.78, 5) is 44.5. The Morgan fingerprint density at radius 2 is 1.60 bits per heavy atom. The minimum absolute atomic E-state index is 0.0215. The van der Waals surface area contributed by atoms with E-state index in [1.807, 2.05) is 44.7 Å². The number of rotatable bonds is 5. The van der Waals surface area contributed by atoms with Crippen molar-refractivity contribution in [3.05, 3.63) is 64.9 Å². The Labute approximate surface area is 240 Å². The second-order valence-corrected chi connectivity index (χ2v) is 11.8. The van der Waals surface area contributed by atoms with Crippen molar-refractivity contribution in [1.82, 2.24) is 14.7 Å². The lowest BCUT2D eigenvalue weighted by Gasteiger charge is -2.34. The molecule has 40 heavy (non-hydrogen) atoms. The fraction of sp³-hybridized carbons (Fsp3) is 0.500. The number of nitrogens with zero attached hydrogens (tertiary/aromatic N) is 3. The van der Waals surface area contributed by atoms with Crippen LogP contribution in [0.15, 0.2) is 48.5 Å². The maximum atomic E-state index is 13.7. The van der Waals surface area contributed by atoms with Crippen LogP contribution in [0.3, 0.4) is 0 Å². The van der Waals surface area contributed by atoms with Crippen LogP contribution in [0, 0.1) is 11.7 Å². The first-order valence-electron chi connectivity index (χ1n) is 13.7. The molecule has 3 amide bonds. The summed E-state index contributed by atoms with van der Waals surface area (Å²) in [6.45, 7) is 9.42. The Hall–Kier alpha value is -3.33. The minimum atomic E-state index is -0.575. The third-order valence-electron chi connectivity index (χ3n) is 7.39. The Morgan fingerprint density at radius 3 is 2.17 bits per heavy atom. The molecule has 2 saturated heterocycles. The number of carbonyl (C=O) groups is 3. The number of hydrogen-bond acceptors (Lipinski definition) is 5. The molecule has 8 nitrogen and oxygen atoms in total. The van der Waals surface area contributed by atoms with E-state index in [0.29, 0.717) is 50.6 Å². The molecule has 0 N–H and O–H groups in total. The summed E-state index contributed by atoms with van der Waals surface area (Å²) in [6, 6.07) is 12.4. The number of ether oxygens (including phenoxy) is 2. The van der Waals surface area contributed by atoms with Crippen LogP contribution in [-0.4, -0.2) is 77.2 Å². The van der Waals surface area contributed by atoms with Crippen molar-refractivity contribution in [2.45, 2.75) is 58.1 Å². The second-order valence-electron chi connectivity index (χ2n) is 11.3. The molecule has 2 heterocycles. The molecule has 0 spiro atoms. The van der Waals surface area contributed by atoms with Crippen LogP contribution >= 0.6 is 11.6 Å². The first-order valence-corrected chi connectivity index (χ1v) is 14.1. The molecule has 0 aromatic heterocycles. The number of likely N-dealkylation sites (tertiary alicyclic amines) is 2. The number of piperidine rings is 1. The Morgan fingerprint density at radius 1 is 0.975 bits per heavy atom. The van der Waals surface area contributed by atoms with Crippen molar-refractivity contribution >= 4 is 29.7 Å². The summed E-state index contributed by atoms with van der Waals surface area (Å²) < 4.78 is 24.4. The van der Waals surface area contributed by atoms with E-state index in [9.17, 15) is 18.8 Å². The highest BCUT2D eigenvalue weighted by Crippen LogP contribution is 2.34. The molecule has 2 fully saturated rings. The van der Waals surface area contributed by atoms with Gasteiger partial charge in [0.15, 0.2) is 0 Å². The van der Waals surface area contributed by atoms with E-state index in [0.717, 1.165) is 5.56 Å². The predicted octanol–water partition coefficient (Wildman–Crippen LogP) is 5.94. The number of halogens is 2. The molecule has 2 aromatic rings. The number of amides is 3. The van der Waals surface area contributed by atoms with Crippen molar-refractivity contribution < 1.29 is 28.2 Å². The van der Waals surface area contributed by atoms with Gasteiger partial charge in [-0.25, -0.2) is 14.0 Å². The first-order chi connectivity index (χ1) is 18.9. The average Bonchev–Trinajstić information content (AvgIpc) is 3.34. The zero-order valence-corrected chi connectivity index (χ0v) is 24.2. The van der Waals surface area contributed by atoms with E-state index >= 15 is 0 Å². The molecule has 2 aliphatic heterocycles. The summed E-state index contributed by atoms with van der Waals surface area (Å²) in [6.07, 6.45) is 0.183. The number of benzene rings is 2.